The minimum atomic E-state index is -0.242. The summed E-state index contributed by atoms with van der Waals surface area (Å²) < 4.78 is 6.77. The molecule has 1 saturated heterocycles. The van der Waals surface area contributed by atoms with E-state index >= 15 is 0 Å². The fourth-order valence-corrected chi connectivity index (χ4v) is 1.69. The molecule has 0 unspecified atom stereocenters. The minimum absolute atomic E-state index is 0.242. The van der Waals surface area contributed by atoms with E-state index in [0.29, 0.717) is 31.4 Å². The molecule has 0 amide bonds. The summed E-state index contributed by atoms with van der Waals surface area (Å²) in [4.78, 5) is 22.0. The second-order valence-corrected chi connectivity index (χ2v) is 3.73. The first-order valence-corrected chi connectivity index (χ1v) is 5.49. The summed E-state index contributed by atoms with van der Waals surface area (Å²) in [6, 6.07) is 0. The third kappa shape index (κ3) is 2.06. The van der Waals surface area contributed by atoms with E-state index in [-0.39, 0.29) is 5.69 Å². The number of anilines is 1. The van der Waals surface area contributed by atoms with Crippen molar-refractivity contribution in [3.05, 3.63) is 16.3 Å². The van der Waals surface area contributed by atoms with Crippen LogP contribution in [0.25, 0.3) is 0 Å². The Morgan fingerprint density at radius 3 is 2.62 bits per heavy atom. The Labute approximate surface area is 93.9 Å². The predicted molar refractivity (Wildman–Crippen MR) is 59.7 cm³/mol. The van der Waals surface area contributed by atoms with Crippen molar-refractivity contribution >= 4 is 5.95 Å². The zero-order valence-electron chi connectivity index (χ0n) is 9.64. The number of nitrogens with zero attached hydrogens (tertiary/aromatic N) is 4. The van der Waals surface area contributed by atoms with Crippen molar-refractivity contribution in [1.29, 1.82) is 0 Å². The van der Waals surface area contributed by atoms with Crippen molar-refractivity contribution in [1.82, 2.24) is 14.5 Å². The van der Waals surface area contributed by atoms with Crippen LogP contribution >= 0.6 is 0 Å². The Kier molecular flexibility index (Phi) is 3.19. The first-order chi connectivity index (χ1) is 7.72. The fourth-order valence-electron chi connectivity index (χ4n) is 1.69. The third-order valence-electron chi connectivity index (χ3n) is 2.65. The molecule has 0 aliphatic carbocycles. The van der Waals surface area contributed by atoms with Gasteiger partial charge in [-0.3, -0.25) is 4.57 Å². The molecule has 6 nitrogen and oxygen atoms in total. The Morgan fingerprint density at radius 2 is 2.00 bits per heavy atom. The monoisotopic (exact) mass is 224 g/mol. The number of hydrogen-bond acceptors (Lipinski definition) is 5. The van der Waals surface area contributed by atoms with Crippen LogP contribution in [0, 0.1) is 0 Å². The van der Waals surface area contributed by atoms with E-state index in [4.69, 9.17) is 4.74 Å². The van der Waals surface area contributed by atoms with Crippen molar-refractivity contribution in [2.45, 2.75) is 13.3 Å². The summed E-state index contributed by atoms with van der Waals surface area (Å²) in [5.41, 5.74) is -0.242. The maximum Gasteiger partial charge on any atom is 0.351 e. The SMILES string of the molecule is CCc1nc(N2CCOCC2)n(C)c(=O)n1. The molecule has 0 N–H and O–H groups in total. The van der Waals surface area contributed by atoms with Gasteiger partial charge >= 0.3 is 5.69 Å². The predicted octanol–water partition coefficient (Wildman–Crippen LogP) is -0.426. The van der Waals surface area contributed by atoms with Crippen LogP contribution in [-0.4, -0.2) is 40.8 Å². The number of aryl methyl sites for hydroxylation is 1. The van der Waals surface area contributed by atoms with Gasteiger partial charge in [0, 0.05) is 26.6 Å². The molecule has 2 heterocycles. The molecule has 88 valence electrons. The van der Waals surface area contributed by atoms with Gasteiger partial charge in [0.25, 0.3) is 0 Å². The summed E-state index contributed by atoms with van der Waals surface area (Å²) >= 11 is 0. The molecule has 0 radical (unpaired) electrons. The smallest absolute Gasteiger partial charge is 0.351 e. The third-order valence-corrected chi connectivity index (χ3v) is 2.65. The van der Waals surface area contributed by atoms with Crippen molar-refractivity contribution < 1.29 is 4.74 Å². The molecule has 1 aliphatic heterocycles. The van der Waals surface area contributed by atoms with Crippen LogP contribution in [0.1, 0.15) is 12.7 Å². The quantitative estimate of drug-likeness (QED) is 0.682. The normalized spacial score (nSPS) is 16.5. The number of rotatable bonds is 2. The summed E-state index contributed by atoms with van der Waals surface area (Å²) in [7, 11) is 1.70. The highest BCUT2D eigenvalue weighted by atomic mass is 16.5. The van der Waals surface area contributed by atoms with Gasteiger partial charge in [0.05, 0.1) is 13.2 Å². The zero-order valence-corrected chi connectivity index (χ0v) is 9.64. The van der Waals surface area contributed by atoms with Crippen LogP contribution < -0.4 is 10.6 Å². The van der Waals surface area contributed by atoms with Crippen molar-refractivity contribution in [2.24, 2.45) is 7.05 Å². The second-order valence-electron chi connectivity index (χ2n) is 3.73. The lowest BCUT2D eigenvalue weighted by Gasteiger charge is -2.28. The first-order valence-electron chi connectivity index (χ1n) is 5.49. The van der Waals surface area contributed by atoms with Gasteiger partial charge in [-0.05, 0) is 0 Å². The molecule has 1 aromatic rings. The summed E-state index contributed by atoms with van der Waals surface area (Å²) in [5.74, 6) is 1.30. The molecule has 0 atom stereocenters. The van der Waals surface area contributed by atoms with E-state index in [2.05, 4.69) is 14.9 Å². The summed E-state index contributed by atoms with van der Waals surface area (Å²) in [6.07, 6.45) is 0.674. The van der Waals surface area contributed by atoms with Crippen molar-refractivity contribution in [2.75, 3.05) is 31.2 Å². The lowest BCUT2D eigenvalue weighted by molar-refractivity contribution is 0.121. The molecule has 0 saturated carbocycles. The number of ether oxygens (including phenoxy) is 1. The Morgan fingerprint density at radius 1 is 1.31 bits per heavy atom. The second kappa shape index (κ2) is 4.61. The number of morpholine rings is 1. The average molecular weight is 224 g/mol. The molecular formula is C10H16N4O2. The highest BCUT2D eigenvalue weighted by Gasteiger charge is 2.16. The van der Waals surface area contributed by atoms with Crippen molar-refractivity contribution in [3.8, 4) is 0 Å². The molecule has 1 aromatic heterocycles. The largest absolute Gasteiger partial charge is 0.378 e. The maximum absolute atomic E-state index is 11.6. The fraction of sp³-hybridized carbons (Fsp3) is 0.700. The summed E-state index contributed by atoms with van der Waals surface area (Å²) in [5, 5.41) is 0. The number of aromatic nitrogens is 3. The molecule has 16 heavy (non-hydrogen) atoms. The van der Waals surface area contributed by atoms with E-state index in [1.165, 1.54) is 4.57 Å². The van der Waals surface area contributed by atoms with Gasteiger partial charge in [-0.15, -0.1) is 0 Å². The standard InChI is InChI=1S/C10H16N4O2/c1-3-8-11-9(13(2)10(15)12-8)14-4-6-16-7-5-14/h3-7H2,1-2H3. The molecule has 1 fully saturated rings. The Hall–Kier alpha value is -1.43. The van der Waals surface area contributed by atoms with E-state index < -0.39 is 0 Å². The van der Waals surface area contributed by atoms with Crippen LogP contribution in [0.3, 0.4) is 0 Å². The van der Waals surface area contributed by atoms with Crippen LogP contribution in [-0.2, 0) is 18.2 Å². The molecule has 2 rings (SSSR count). The topological polar surface area (TPSA) is 60.2 Å². The lowest BCUT2D eigenvalue weighted by atomic mass is 10.4. The van der Waals surface area contributed by atoms with E-state index in [0.717, 1.165) is 13.1 Å². The molecule has 1 aliphatic rings. The highest BCUT2D eigenvalue weighted by molar-refractivity contribution is 5.30. The lowest BCUT2D eigenvalue weighted by Crippen LogP contribution is -2.41. The van der Waals surface area contributed by atoms with Gasteiger partial charge < -0.3 is 9.64 Å². The van der Waals surface area contributed by atoms with Crippen LogP contribution in [0.5, 0.6) is 0 Å². The minimum Gasteiger partial charge on any atom is -0.378 e. The molecular weight excluding hydrogens is 208 g/mol. The molecule has 6 heteroatoms. The average Bonchev–Trinajstić information content (AvgIpc) is 2.33. The number of hydrogen-bond donors (Lipinski definition) is 0. The van der Waals surface area contributed by atoms with E-state index in [1.807, 2.05) is 6.92 Å². The van der Waals surface area contributed by atoms with Gasteiger partial charge in [0.1, 0.15) is 5.82 Å². The first kappa shape index (κ1) is 11.1. The van der Waals surface area contributed by atoms with Gasteiger partial charge in [-0.1, -0.05) is 6.92 Å². The van der Waals surface area contributed by atoms with Crippen LogP contribution in [0.4, 0.5) is 5.95 Å². The Balaban J connectivity index is 2.37. The maximum atomic E-state index is 11.6. The van der Waals surface area contributed by atoms with E-state index in [1.54, 1.807) is 7.05 Å². The molecule has 0 aromatic carbocycles. The van der Waals surface area contributed by atoms with Gasteiger partial charge in [0.15, 0.2) is 0 Å². The Bertz CT molecular complexity index is 423. The van der Waals surface area contributed by atoms with Crippen LogP contribution in [0.2, 0.25) is 0 Å². The van der Waals surface area contributed by atoms with Gasteiger partial charge in [-0.2, -0.15) is 9.97 Å². The van der Waals surface area contributed by atoms with Crippen LogP contribution in [0.15, 0.2) is 4.79 Å². The molecule has 0 spiro atoms. The van der Waals surface area contributed by atoms with Gasteiger partial charge in [0.2, 0.25) is 5.95 Å². The van der Waals surface area contributed by atoms with Crippen molar-refractivity contribution in [3.63, 3.8) is 0 Å². The van der Waals surface area contributed by atoms with E-state index in [9.17, 15) is 4.79 Å². The summed E-state index contributed by atoms with van der Waals surface area (Å²) in [6.45, 7) is 4.85. The van der Waals surface area contributed by atoms with Gasteiger partial charge in [-0.25, -0.2) is 4.79 Å². The zero-order chi connectivity index (χ0) is 11.5. The highest BCUT2D eigenvalue weighted by Crippen LogP contribution is 2.09. The molecule has 0 bridgehead atoms.